The molecule has 0 saturated heterocycles. The molecule has 14 nitrogen and oxygen atoms in total. The average Bonchev–Trinajstić information content (AvgIpc) is 2.88. The maximum Gasteiger partial charge on any atom is 0.328 e. The highest BCUT2D eigenvalue weighted by Gasteiger charge is 2.28. The molecule has 15 heteroatoms. The molecule has 0 radical (unpaired) electrons. The fourth-order valence-electron chi connectivity index (χ4n) is 3.14. The molecule has 0 saturated carbocycles. The molecule has 38 heavy (non-hydrogen) atoms. The van der Waals surface area contributed by atoms with E-state index in [0.29, 0.717) is 5.56 Å². The van der Waals surface area contributed by atoms with Crippen LogP contribution in [0.25, 0.3) is 0 Å². The topological polar surface area (TPSA) is 209 Å². The van der Waals surface area contributed by atoms with E-state index in [9.17, 15) is 39.0 Å². The van der Waals surface area contributed by atoms with Crippen molar-refractivity contribution in [1.29, 1.82) is 0 Å². The van der Waals surface area contributed by atoms with Crippen LogP contribution >= 0.6 is 12.6 Å². The van der Waals surface area contributed by atoms with Crippen LogP contribution in [0.2, 0.25) is 0 Å². The Bertz CT molecular complexity index is 1040. The van der Waals surface area contributed by atoms with Gasteiger partial charge in [-0.3, -0.25) is 24.0 Å². The Labute approximate surface area is 224 Å². The Hall–Kier alpha value is -4.01. The number of phenols is 2. The molecule has 1 aromatic rings. The third kappa shape index (κ3) is 10.9. The predicted molar refractivity (Wildman–Crippen MR) is 135 cm³/mol. The zero-order chi connectivity index (χ0) is 28.8. The van der Waals surface area contributed by atoms with Gasteiger partial charge in [-0.2, -0.15) is 12.6 Å². The number of hydrogen-bond donors (Lipinski definition) is 7. The van der Waals surface area contributed by atoms with E-state index in [0.717, 1.165) is 14.2 Å². The van der Waals surface area contributed by atoms with Gasteiger partial charge in [-0.25, -0.2) is 4.79 Å². The van der Waals surface area contributed by atoms with E-state index in [1.165, 1.54) is 25.1 Å². The zero-order valence-corrected chi connectivity index (χ0v) is 22.0. The van der Waals surface area contributed by atoms with Gasteiger partial charge in [0.1, 0.15) is 24.7 Å². The highest BCUT2D eigenvalue weighted by atomic mass is 32.1. The first kappa shape index (κ1) is 32.0. The molecule has 0 unspecified atom stereocenters. The number of methoxy groups -OCH3 is 2. The molecule has 0 heterocycles. The predicted octanol–water partition coefficient (Wildman–Crippen LogP) is -1.71. The van der Waals surface area contributed by atoms with Crippen molar-refractivity contribution >= 4 is 48.2 Å². The Morgan fingerprint density at radius 2 is 1.58 bits per heavy atom. The summed E-state index contributed by atoms with van der Waals surface area (Å²) in [5, 5.41) is 28.8. The highest BCUT2D eigenvalue weighted by Crippen LogP contribution is 2.25. The van der Waals surface area contributed by atoms with E-state index >= 15 is 0 Å². The lowest BCUT2D eigenvalue weighted by molar-refractivity contribution is -0.145. The second-order valence-corrected chi connectivity index (χ2v) is 8.37. The molecule has 3 atom stereocenters. The number of nitrogens with one attached hydrogen (secondary N) is 4. The molecule has 0 aliphatic heterocycles. The van der Waals surface area contributed by atoms with Gasteiger partial charge in [-0.05, 0) is 24.1 Å². The van der Waals surface area contributed by atoms with Gasteiger partial charge in [0.2, 0.25) is 23.6 Å². The molecular formula is C23H32N4O10S. The fraction of sp³-hybridized carbons (Fsp3) is 0.478. The van der Waals surface area contributed by atoms with Crippen LogP contribution in [0.5, 0.6) is 11.5 Å². The van der Waals surface area contributed by atoms with Gasteiger partial charge >= 0.3 is 11.9 Å². The standard InChI is InChI=1S/C23H32N4O10S/c1-12(28)25-15(8-13-4-6-17(29)18(30)9-13)22(34)27-14(23(35)37-3)5-7-19(31)26-16(11-38)21(33)24-10-20(32)36-2/h4,6,9,14-16,29-30,38H,5,7-8,10-11H2,1-3H3,(H,24,33)(H,25,28)(H,26,31)(H,27,34)/t14-,15+,16-/m0/s1. The Balaban J connectivity index is 2.84. The number of carbonyl (C=O) groups is 6. The first-order valence-corrected chi connectivity index (χ1v) is 12.0. The van der Waals surface area contributed by atoms with Gasteiger partial charge in [0.15, 0.2) is 11.5 Å². The molecule has 0 aliphatic rings. The lowest BCUT2D eigenvalue weighted by Gasteiger charge is -2.22. The number of thiol groups is 1. The van der Waals surface area contributed by atoms with Crippen LogP contribution in [0.3, 0.4) is 0 Å². The number of rotatable bonds is 14. The number of phenolic OH excluding ortho intramolecular Hbond substituents is 2. The van der Waals surface area contributed by atoms with Crippen molar-refractivity contribution < 1.29 is 48.5 Å². The monoisotopic (exact) mass is 556 g/mol. The van der Waals surface area contributed by atoms with Crippen LogP contribution in [0.15, 0.2) is 18.2 Å². The summed E-state index contributed by atoms with van der Waals surface area (Å²) in [7, 11) is 2.24. The van der Waals surface area contributed by atoms with Gasteiger partial charge in [-0.1, -0.05) is 6.07 Å². The molecule has 1 rings (SSSR count). The summed E-state index contributed by atoms with van der Waals surface area (Å²) in [6.07, 6.45) is -0.594. The summed E-state index contributed by atoms with van der Waals surface area (Å²) in [5.74, 6) is -5.00. The van der Waals surface area contributed by atoms with Crippen LogP contribution in [-0.4, -0.2) is 90.4 Å². The third-order valence-corrected chi connectivity index (χ3v) is 5.47. The molecule has 210 valence electrons. The minimum Gasteiger partial charge on any atom is -0.504 e. The first-order valence-electron chi connectivity index (χ1n) is 11.3. The van der Waals surface area contributed by atoms with Crippen molar-refractivity contribution in [2.24, 2.45) is 0 Å². The van der Waals surface area contributed by atoms with Crippen LogP contribution in [-0.2, 0) is 44.7 Å². The Morgan fingerprint density at radius 1 is 0.895 bits per heavy atom. The van der Waals surface area contributed by atoms with E-state index in [4.69, 9.17) is 4.74 Å². The number of aromatic hydroxyl groups is 2. The van der Waals surface area contributed by atoms with Crippen molar-refractivity contribution in [3.05, 3.63) is 23.8 Å². The van der Waals surface area contributed by atoms with Gasteiger partial charge in [-0.15, -0.1) is 0 Å². The van der Waals surface area contributed by atoms with Crippen LogP contribution in [0.4, 0.5) is 0 Å². The smallest absolute Gasteiger partial charge is 0.328 e. The van der Waals surface area contributed by atoms with Crippen molar-refractivity contribution in [3.8, 4) is 11.5 Å². The number of benzene rings is 1. The van der Waals surface area contributed by atoms with Crippen LogP contribution in [0.1, 0.15) is 25.3 Å². The molecule has 0 aromatic heterocycles. The van der Waals surface area contributed by atoms with Crippen molar-refractivity contribution in [1.82, 2.24) is 21.3 Å². The van der Waals surface area contributed by atoms with E-state index < -0.39 is 66.0 Å². The third-order valence-electron chi connectivity index (χ3n) is 5.10. The molecule has 0 fully saturated rings. The van der Waals surface area contributed by atoms with Crippen molar-refractivity contribution in [2.75, 3.05) is 26.5 Å². The molecule has 0 spiro atoms. The zero-order valence-electron chi connectivity index (χ0n) is 21.1. The number of amides is 4. The molecule has 6 N–H and O–H groups in total. The Kier molecular flexibility index (Phi) is 13.4. The summed E-state index contributed by atoms with van der Waals surface area (Å²) >= 11 is 4.01. The molecule has 4 amide bonds. The van der Waals surface area contributed by atoms with Crippen molar-refractivity contribution in [2.45, 2.75) is 44.3 Å². The minimum atomic E-state index is -1.27. The van der Waals surface area contributed by atoms with Crippen LogP contribution in [0, 0.1) is 0 Å². The summed E-state index contributed by atoms with van der Waals surface area (Å²) in [6.45, 7) is 0.793. The summed E-state index contributed by atoms with van der Waals surface area (Å²) in [4.78, 5) is 72.6. The quantitative estimate of drug-likeness (QED) is 0.0783. The minimum absolute atomic E-state index is 0.0822. The highest BCUT2D eigenvalue weighted by molar-refractivity contribution is 7.80. The molecule has 0 bridgehead atoms. The average molecular weight is 557 g/mol. The SMILES string of the molecule is COC(=O)CNC(=O)[C@H](CS)NC(=O)CC[C@H](NC(=O)[C@@H](Cc1ccc(O)c(O)c1)NC(C)=O)C(=O)OC. The Morgan fingerprint density at radius 3 is 2.13 bits per heavy atom. The fourth-order valence-corrected chi connectivity index (χ4v) is 3.40. The number of ether oxygens (including phenoxy) is 2. The van der Waals surface area contributed by atoms with Crippen LogP contribution < -0.4 is 21.3 Å². The van der Waals surface area contributed by atoms with E-state index in [1.807, 2.05) is 0 Å². The van der Waals surface area contributed by atoms with Gasteiger partial charge in [0, 0.05) is 25.5 Å². The number of carbonyl (C=O) groups excluding carboxylic acids is 6. The largest absolute Gasteiger partial charge is 0.504 e. The number of esters is 2. The van der Waals surface area contributed by atoms with Gasteiger partial charge < -0.3 is 41.0 Å². The van der Waals surface area contributed by atoms with Gasteiger partial charge in [0.25, 0.3) is 0 Å². The van der Waals surface area contributed by atoms with E-state index in [-0.39, 0.29) is 30.8 Å². The summed E-state index contributed by atoms with van der Waals surface area (Å²) in [5.41, 5.74) is 0.409. The second kappa shape index (κ2) is 16.0. The summed E-state index contributed by atoms with van der Waals surface area (Å²) in [6, 6.07) is 0.372. The van der Waals surface area contributed by atoms with E-state index in [2.05, 4.69) is 38.6 Å². The second-order valence-electron chi connectivity index (χ2n) is 8.00. The number of hydrogen-bond acceptors (Lipinski definition) is 11. The molecular weight excluding hydrogens is 524 g/mol. The maximum absolute atomic E-state index is 12.9. The first-order chi connectivity index (χ1) is 17.9. The molecule has 1 aromatic carbocycles. The normalized spacial score (nSPS) is 12.7. The van der Waals surface area contributed by atoms with Crippen molar-refractivity contribution in [3.63, 3.8) is 0 Å². The molecule has 0 aliphatic carbocycles. The lowest BCUT2D eigenvalue weighted by Crippen LogP contribution is -2.53. The van der Waals surface area contributed by atoms with E-state index in [1.54, 1.807) is 0 Å². The summed E-state index contributed by atoms with van der Waals surface area (Å²) < 4.78 is 9.13. The maximum atomic E-state index is 12.9. The lowest BCUT2D eigenvalue weighted by atomic mass is 10.0. The van der Waals surface area contributed by atoms with Gasteiger partial charge in [0.05, 0.1) is 14.2 Å².